The average molecular weight is 558 g/mol. The fourth-order valence-corrected chi connectivity index (χ4v) is 7.51. The van der Waals surface area contributed by atoms with Crippen LogP contribution >= 0.6 is 11.6 Å². The van der Waals surface area contributed by atoms with Crippen LogP contribution in [0.4, 0.5) is 5.69 Å². The number of β-amino-alcohol motifs (C(OH)–C–C–N with tert-alkyl or cyclic N) is 1. The van der Waals surface area contributed by atoms with Crippen molar-refractivity contribution in [3.05, 3.63) is 54.1 Å². The smallest absolute Gasteiger partial charge is 0.253 e. The summed E-state index contributed by atoms with van der Waals surface area (Å²) in [6.07, 6.45) is 4.50. The van der Waals surface area contributed by atoms with E-state index in [-0.39, 0.29) is 43.3 Å². The zero-order valence-electron chi connectivity index (χ0n) is 23.4. The lowest BCUT2D eigenvalue weighted by molar-refractivity contribution is -0.151. The number of likely N-dealkylation sites (tertiary alicyclic amines) is 1. The molecule has 1 spiro atoms. The van der Waals surface area contributed by atoms with E-state index in [1.54, 1.807) is 28.0 Å². The number of para-hydroxylation sites is 1. The number of aliphatic hydroxyl groups is 1. The zero-order valence-corrected chi connectivity index (χ0v) is 24.1. The van der Waals surface area contributed by atoms with Crippen LogP contribution in [0.2, 0.25) is 5.02 Å². The zero-order chi connectivity index (χ0) is 28.7. The third-order valence-corrected chi connectivity index (χ3v) is 9.15. The molecule has 8 nitrogen and oxygen atoms in total. The van der Waals surface area contributed by atoms with Gasteiger partial charge in [-0.3, -0.25) is 14.4 Å². The van der Waals surface area contributed by atoms with Gasteiger partial charge >= 0.3 is 0 Å². The molecule has 3 aliphatic heterocycles. The highest BCUT2D eigenvalue weighted by Gasteiger charge is 2.80. The van der Waals surface area contributed by atoms with Crippen molar-refractivity contribution in [1.82, 2.24) is 9.80 Å². The van der Waals surface area contributed by atoms with E-state index in [1.165, 1.54) is 4.90 Å². The van der Waals surface area contributed by atoms with Gasteiger partial charge in [0.1, 0.15) is 11.6 Å². The monoisotopic (exact) mass is 557 g/mol. The molecule has 0 radical (unpaired) electrons. The molecule has 3 amide bonds. The topological polar surface area (TPSA) is 90.4 Å². The van der Waals surface area contributed by atoms with Crippen molar-refractivity contribution in [3.8, 4) is 0 Å². The Morgan fingerprint density at radius 1 is 1.26 bits per heavy atom. The Kier molecular flexibility index (Phi) is 8.31. The summed E-state index contributed by atoms with van der Waals surface area (Å²) in [6, 6.07) is 4.37. The highest BCUT2D eigenvalue weighted by atomic mass is 35.5. The summed E-state index contributed by atoms with van der Waals surface area (Å²) >= 11 is 6.59. The average Bonchev–Trinajstić information content (AvgIpc) is 3.39. The highest BCUT2D eigenvalue weighted by Crippen LogP contribution is 2.65. The van der Waals surface area contributed by atoms with Gasteiger partial charge in [-0.15, -0.1) is 13.2 Å². The van der Waals surface area contributed by atoms with Crippen LogP contribution in [-0.4, -0.2) is 82.7 Å². The highest BCUT2D eigenvalue weighted by molar-refractivity contribution is 6.34. The first kappa shape index (κ1) is 29.3. The van der Waals surface area contributed by atoms with Gasteiger partial charge in [0.05, 0.1) is 34.8 Å². The number of benzene rings is 1. The van der Waals surface area contributed by atoms with Crippen LogP contribution in [0.3, 0.4) is 0 Å². The standard InChI is InChI=1S/C30H40ClN3O5/c1-7-13-32(14-8-2)26(36)22-23-27(37)34(16-17-35)25(30(23)18-20(5)29(22,6)39-30)28(38)33(15-9-3)24-19(4)11-10-12-21(24)31/h7,9-12,20,22-23,25,35H,1,3,8,13-18H2,2,4-6H3/t20?,22-,23+,25?,29+,30?/m1/s1. The van der Waals surface area contributed by atoms with Gasteiger partial charge in [0.15, 0.2) is 0 Å². The van der Waals surface area contributed by atoms with Crippen molar-refractivity contribution in [2.45, 2.75) is 57.8 Å². The first-order chi connectivity index (χ1) is 18.5. The minimum absolute atomic E-state index is 0.0440. The number of amides is 3. The molecular weight excluding hydrogens is 518 g/mol. The fraction of sp³-hybridized carbons (Fsp3) is 0.567. The minimum atomic E-state index is -1.21. The minimum Gasteiger partial charge on any atom is -0.395 e. The number of fused-ring (bicyclic) bond motifs is 1. The normalized spacial score (nSPS) is 30.8. The summed E-state index contributed by atoms with van der Waals surface area (Å²) in [5.41, 5.74) is -0.787. The molecule has 3 aliphatic rings. The number of ether oxygens (including phenoxy) is 1. The summed E-state index contributed by atoms with van der Waals surface area (Å²) in [5.74, 6) is -2.53. The lowest BCUT2D eigenvalue weighted by Crippen LogP contribution is -2.57. The molecule has 2 bridgehead atoms. The first-order valence-corrected chi connectivity index (χ1v) is 14.1. The molecule has 6 atom stereocenters. The second-order valence-corrected chi connectivity index (χ2v) is 11.6. The second-order valence-electron chi connectivity index (χ2n) is 11.2. The molecule has 9 heteroatoms. The van der Waals surface area contributed by atoms with Gasteiger partial charge < -0.3 is 24.5 Å². The largest absolute Gasteiger partial charge is 0.395 e. The van der Waals surface area contributed by atoms with E-state index in [0.717, 1.165) is 12.0 Å². The van der Waals surface area contributed by atoms with E-state index in [2.05, 4.69) is 13.2 Å². The van der Waals surface area contributed by atoms with Crippen molar-refractivity contribution < 1.29 is 24.2 Å². The van der Waals surface area contributed by atoms with Gasteiger partial charge in [-0.05, 0) is 44.2 Å². The number of halogens is 1. The number of hydrogen-bond acceptors (Lipinski definition) is 5. The lowest BCUT2D eigenvalue weighted by atomic mass is 9.62. The molecule has 3 fully saturated rings. The van der Waals surface area contributed by atoms with Crippen molar-refractivity contribution in [2.24, 2.45) is 17.8 Å². The number of carbonyl (C=O) groups is 3. The Labute approximate surface area is 236 Å². The molecule has 0 aromatic heterocycles. The van der Waals surface area contributed by atoms with Crippen molar-refractivity contribution in [3.63, 3.8) is 0 Å². The van der Waals surface area contributed by atoms with Gasteiger partial charge in [-0.25, -0.2) is 0 Å². The summed E-state index contributed by atoms with van der Waals surface area (Å²) in [4.78, 5) is 47.5. The molecule has 212 valence electrons. The predicted molar refractivity (Wildman–Crippen MR) is 151 cm³/mol. The van der Waals surface area contributed by atoms with E-state index in [4.69, 9.17) is 16.3 Å². The molecule has 0 aliphatic carbocycles. The number of anilines is 1. The van der Waals surface area contributed by atoms with Crippen LogP contribution in [0.15, 0.2) is 43.5 Å². The van der Waals surface area contributed by atoms with E-state index in [0.29, 0.717) is 30.2 Å². The lowest BCUT2D eigenvalue weighted by Gasteiger charge is -2.39. The maximum absolute atomic E-state index is 14.6. The third kappa shape index (κ3) is 4.41. The Hall–Kier alpha value is -2.68. The van der Waals surface area contributed by atoms with Crippen LogP contribution in [0.1, 0.15) is 39.2 Å². The molecule has 3 heterocycles. The molecule has 3 unspecified atom stereocenters. The fourth-order valence-electron chi connectivity index (χ4n) is 7.19. The molecule has 3 saturated heterocycles. The Bertz CT molecular complexity index is 1150. The number of carbonyl (C=O) groups excluding carboxylic acids is 3. The number of rotatable bonds is 11. The first-order valence-electron chi connectivity index (χ1n) is 13.7. The summed E-state index contributed by atoms with van der Waals surface area (Å²) in [7, 11) is 0. The second kappa shape index (κ2) is 11.1. The van der Waals surface area contributed by atoms with E-state index < -0.39 is 29.1 Å². The van der Waals surface area contributed by atoms with E-state index in [9.17, 15) is 19.5 Å². The van der Waals surface area contributed by atoms with Gasteiger partial charge in [-0.2, -0.15) is 0 Å². The number of aryl methyl sites for hydroxylation is 1. The van der Waals surface area contributed by atoms with Crippen LogP contribution < -0.4 is 4.90 Å². The molecule has 1 N–H and O–H groups in total. The SMILES string of the molecule is C=CCN(CCC)C(=O)[C@H]1[C@H]2C(=O)N(CCO)C(C(=O)N(CC=C)c3c(C)cccc3Cl)C23CC(C)[C@]1(C)O3. The molecular formula is C30H40ClN3O5. The van der Waals surface area contributed by atoms with Crippen molar-refractivity contribution >= 4 is 35.0 Å². The quantitative estimate of drug-likeness (QED) is 0.420. The molecule has 39 heavy (non-hydrogen) atoms. The van der Waals surface area contributed by atoms with E-state index >= 15 is 0 Å². The Balaban J connectivity index is 1.85. The van der Waals surface area contributed by atoms with Crippen LogP contribution in [0.5, 0.6) is 0 Å². The van der Waals surface area contributed by atoms with Crippen molar-refractivity contribution in [2.75, 3.05) is 37.7 Å². The van der Waals surface area contributed by atoms with Crippen LogP contribution in [0.25, 0.3) is 0 Å². The molecule has 1 aromatic rings. The Morgan fingerprint density at radius 3 is 2.54 bits per heavy atom. The van der Waals surface area contributed by atoms with Crippen LogP contribution in [-0.2, 0) is 19.1 Å². The van der Waals surface area contributed by atoms with Gasteiger partial charge in [0, 0.05) is 26.2 Å². The van der Waals surface area contributed by atoms with Gasteiger partial charge in [0.2, 0.25) is 11.8 Å². The molecule has 1 aromatic carbocycles. The van der Waals surface area contributed by atoms with Gasteiger partial charge in [0.25, 0.3) is 5.91 Å². The molecule has 4 rings (SSSR count). The summed E-state index contributed by atoms with van der Waals surface area (Å²) in [6.45, 7) is 16.1. The molecule has 0 saturated carbocycles. The number of nitrogens with zero attached hydrogens (tertiary/aromatic N) is 3. The summed E-state index contributed by atoms with van der Waals surface area (Å²) in [5, 5.41) is 10.3. The van der Waals surface area contributed by atoms with Gasteiger partial charge in [-0.1, -0.05) is 49.7 Å². The van der Waals surface area contributed by atoms with E-state index in [1.807, 2.05) is 39.8 Å². The maximum atomic E-state index is 14.6. The summed E-state index contributed by atoms with van der Waals surface area (Å²) < 4.78 is 6.81. The van der Waals surface area contributed by atoms with Crippen LogP contribution in [0, 0.1) is 24.7 Å². The van der Waals surface area contributed by atoms with Crippen molar-refractivity contribution in [1.29, 1.82) is 0 Å². The maximum Gasteiger partial charge on any atom is 0.253 e. The predicted octanol–water partition coefficient (Wildman–Crippen LogP) is 3.60. The third-order valence-electron chi connectivity index (χ3n) is 8.85. The Morgan fingerprint density at radius 2 is 1.95 bits per heavy atom. The number of hydrogen-bond donors (Lipinski definition) is 1. The number of aliphatic hydroxyl groups excluding tert-OH is 1.